The van der Waals surface area contributed by atoms with Gasteiger partial charge in [-0.15, -0.1) is 0 Å². The summed E-state index contributed by atoms with van der Waals surface area (Å²) in [4.78, 5) is 21.0. The lowest BCUT2D eigenvalue weighted by Gasteiger charge is -2.46. The van der Waals surface area contributed by atoms with Gasteiger partial charge in [0, 0.05) is 31.4 Å². The Balaban J connectivity index is 1.26. The molecule has 3 aromatic rings. The maximum atomic E-state index is 14.7. The van der Waals surface area contributed by atoms with Gasteiger partial charge in [-0.1, -0.05) is 6.92 Å². The van der Waals surface area contributed by atoms with Crippen molar-refractivity contribution in [3.8, 4) is 11.4 Å². The first-order valence-corrected chi connectivity index (χ1v) is 13.9. The highest BCUT2D eigenvalue weighted by Crippen LogP contribution is 2.58. The molecule has 3 aromatic heterocycles. The number of fused-ring (bicyclic) bond motifs is 1. The number of aromatic nitrogens is 5. The minimum atomic E-state index is -4.35. The quantitative estimate of drug-likeness (QED) is 0.340. The number of rotatable bonds is 6. The van der Waals surface area contributed by atoms with E-state index >= 15 is 0 Å². The summed E-state index contributed by atoms with van der Waals surface area (Å²) in [5.41, 5.74) is -2.77. The fourth-order valence-electron chi connectivity index (χ4n) is 6.16. The Hall–Kier alpha value is -3.52. The molecule has 1 aliphatic carbocycles. The number of H-pyrrole nitrogens is 1. The second-order valence-electron chi connectivity index (χ2n) is 12.7. The van der Waals surface area contributed by atoms with Gasteiger partial charge in [-0.2, -0.15) is 23.4 Å². The first-order chi connectivity index (χ1) is 19.6. The molecule has 5 heterocycles. The van der Waals surface area contributed by atoms with E-state index in [9.17, 15) is 31.1 Å². The standard InChI is InChI=1S/C27H32F6N8O/c1-24(2,30)14-41-19-8-17(34-9-16(19)22(38-41)39-11-15(12-39)21(28)29)20-18(10-35-37-20)36-23(42)40-7-6-25(3,27(31,32)33)13-26(40)4-5-26/h8-10,15,21H,4-7,11-14H2,1-3H3,(H,35,37)(H,36,42)/t25-/m0/s1. The second kappa shape index (κ2) is 9.49. The Morgan fingerprint density at radius 2 is 1.88 bits per heavy atom. The van der Waals surface area contributed by atoms with E-state index < -0.39 is 41.2 Å². The van der Waals surface area contributed by atoms with Crippen LogP contribution in [0.15, 0.2) is 18.5 Å². The number of piperidine rings is 1. The average Bonchev–Trinajstić information content (AvgIpc) is 3.29. The predicted octanol–water partition coefficient (Wildman–Crippen LogP) is 6.00. The zero-order chi connectivity index (χ0) is 30.2. The van der Waals surface area contributed by atoms with E-state index in [1.165, 1.54) is 42.7 Å². The normalized spacial score (nSPS) is 22.7. The predicted molar refractivity (Wildman–Crippen MR) is 143 cm³/mol. The number of hydrogen-bond acceptors (Lipinski definition) is 5. The van der Waals surface area contributed by atoms with E-state index in [0.717, 1.165) is 0 Å². The highest BCUT2D eigenvalue weighted by Gasteiger charge is 2.63. The number of likely N-dealkylation sites (tertiary alicyclic amines) is 1. The monoisotopic (exact) mass is 598 g/mol. The molecule has 228 valence electrons. The Labute approximate surface area is 237 Å². The Morgan fingerprint density at radius 3 is 2.50 bits per heavy atom. The molecule has 3 fully saturated rings. The van der Waals surface area contributed by atoms with Crippen LogP contribution in [-0.2, 0) is 6.54 Å². The van der Waals surface area contributed by atoms with Crippen LogP contribution >= 0.6 is 0 Å². The van der Waals surface area contributed by atoms with Crippen molar-refractivity contribution in [2.24, 2.45) is 11.3 Å². The zero-order valence-electron chi connectivity index (χ0n) is 23.4. The minimum absolute atomic E-state index is 0.0247. The van der Waals surface area contributed by atoms with Crippen molar-refractivity contribution >= 4 is 28.4 Å². The van der Waals surface area contributed by atoms with Crippen LogP contribution in [0.1, 0.15) is 46.5 Å². The number of carbonyl (C=O) groups is 1. The number of urea groups is 1. The van der Waals surface area contributed by atoms with Gasteiger partial charge in [0.25, 0.3) is 0 Å². The molecular weight excluding hydrogens is 566 g/mol. The number of hydrogen-bond donors (Lipinski definition) is 2. The maximum absolute atomic E-state index is 14.7. The van der Waals surface area contributed by atoms with Gasteiger partial charge < -0.3 is 15.1 Å². The Morgan fingerprint density at radius 1 is 1.17 bits per heavy atom. The van der Waals surface area contributed by atoms with E-state index in [0.29, 0.717) is 41.0 Å². The van der Waals surface area contributed by atoms with E-state index in [1.807, 2.05) is 0 Å². The molecule has 42 heavy (non-hydrogen) atoms. The molecule has 1 spiro atoms. The summed E-state index contributed by atoms with van der Waals surface area (Å²) in [5, 5.41) is 14.7. The van der Waals surface area contributed by atoms with Crippen molar-refractivity contribution in [2.45, 2.75) is 76.8 Å². The summed E-state index contributed by atoms with van der Waals surface area (Å²) < 4.78 is 83.5. The summed E-state index contributed by atoms with van der Waals surface area (Å²) in [6, 6.07) is 1.14. The van der Waals surface area contributed by atoms with Gasteiger partial charge >= 0.3 is 12.2 Å². The molecule has 1 saturated carbocycles. The van der Waals surface area contributed by atoms with Gasteiger partial charge in [0.05, 0.1) is 46.4 Å². The van der Waals surface area contributed by atoms with Crippen LogP contribution in [0, 0.1) is 11.3 Å². The van der Waals surface area contributed by atoms with E-state index in [2.05, 4.69) is 25.6 Å². The number of halogens is 6. The number of amides is 2. The van der Waals surface area contributed by atoms with E-state index in [4.69, 9.17) is 0 Å². The topological polar surface area (TPSA) is 95.0 Å². The van der Waals surface area contributed by atoms with Gasteiger partial charge in [0.15, 0.2) is 5.82 Å². The molecule has 2 saturated heterocycles. The lowest BCUT2D eigenvalue weighted by molar-refractivity contribution is -0.235. The fraction of sp³-hybridized carbons (Fsp3) is 0.630. The highest BCUT2D eigenvalue weighted by atomic mass is 19.4. The van der Waals surface area contributed by atoms with Crippen LogP contribution in [0.4, 0.5) is 42.6 Å². The average molecular weight is 599 g/mol. The Kier molecular flexibility index (Phi) is 6.46. The van der Waals surface area contributed by atoms with E-state index in [-0.39, 0.29) is 44.7 Å². The number of anilines is 2. The maximum Gasteiger partial charge on any atom is 0.394 e. The van der Waals surface area contributed by atoms with Crippen molar-refractivity contribution in [1.29, 1.82) is 0 Å². The third-order valence-corrected chi connectivity index (χ3v) is 8.78. The molecule has 1 atom stereocenters. The summed E-state index contributed by atoms with van der Waals surface area (Å²) in [5.74, 6) is -0.322. The van der Waals surface area contributed by atoms with Crippen LogP contribution < -0.4 is 10.2 Å². The van der Waals surface area contributed by atoms with Crippen molar-refractivity contribution in [2.75, 3.05) is 29.9 Å². The van der Waals surface area contributed by atoms with Gasteiger partial charge in [0.1, 0.15) is 11.4 Å². The minimum Gasteiger partial charge on any atom is -0.353 e. The molecule has 3 aliphatic rings. The number of nitrogens with one attached hydrogen (secondary N) is 2. The number of alkyl halides is 6. The van der Waals surface area contributed by atoms with Crippen LogP contribution in [-0.4, -0.2) is 79.3 Å². The fourth-order valence-corrected chi connectivity index (χ4v) is 6.16. The third kappa shape index (κ3) is 4.93. The first kappa shape index (κ1) is 28.6. The lowest BCUT2D eigenvalue weighted by Crippen LogP contribution is -2.55. The summed E-state index contributed by atoms with van der Waals surface area (Å²) in [6.45, 7) is 4.17. The molecule has 6 rings (SSSR count). The SMILES string of the molecule is CC(C)(F)Cn1nc(N2CC(C(F)F)C2)c2cnc(-c3[nH]ncc3NC(=O)N3CC[C@](C)(C(F)(F)F)CC34CC4)cc21. The smallest absolute Gasteiger partial charge is 0.353 e. The summed E-state index contributed by atoms with van der Waals surface area (Å²) >= 11 is 0. The zero-order valence-corrected chi connectivity index (χ0v) is 23.4. The molecule has 2 amide bonds. The molecular formula is C27H32F6N8O. The highest BCUT2D eigenvalue weighted by molar-refractivity contribution is 5.96. The van der Waals surface area contributed by atoms with Crippen LogP contribution in [0.2, 0.25) is 0 Å². The van der Waals surface area contributed by atoms with Crippen LogP contribution in [0.25, 0.3) is 22.3 Å². The first-order valence-electron chi connectivity index (χ1n) is 13.9. The van der Waals surface area contributed by atoms with Gasteiger partial charge in [-0.25, -0.2) is 18.0 Å². The van der Waals surface area contributed by atoms with Crippen LogP contribution in [0.3, 0.4) is 0 Å². The van der Waals surface area contributed by atoms with Crippen LogP contribution in [0.5, 0.6) is 0 Å². The molecule has 0 aromatic carbocycles. The van der Waals surface area contributed by atoms with E-state index in [1.54, 1.807) is 11.0 Å². The number of carbonyl (C=O) groups excluding carboxylic acids is 1. The molecule has 9 nitrogen and oxygen atoms in total. The van der Waals surface area contributed by atoms with Gasteiger partial charge in [0.2, 0.25) is 6.43 Å². The van der Waals surface area contributed by atoms with Crippen molar-refractivity contribution in [3.63, 3.8) is 0 Å². The molecule has 2 aliphatic heterocycles. The molecule has 0 bridgehead atoms. The Bertz CT molecular complexity index is 1500. The number of pyridine rings is 1. The molecule has 0 unspecified atom stereocenters. The summed E-state index contributed by atoms with van der Waals surface area (Å²) in [7, 11) is 0. The summed E-state index contributed by atoms with van der Waals surface area (Å²) in [6.07, 6.45) is -3.18. The molecule has 0 radical (unpaired) electrons. The third-order valence-electron chi connectivity index (χ3n) is 8.78. The number of nitrogens with zero attached hydrogens (tertiary/aromatic N) is 6. The second-order valence-corrected chi connectivity index (χ2v) is 12.7. The lowest BCUT2D eigenvalue weighted by atomic mass is 9.75. The van der Waals surface area contributed by atoms with Crippen molar-refractivity contribution in [1.82, 2.24) is 29.9 Å². The van der Waals surface area contributed by atoms with Gasteiger partial charge in [-0.3, -0.25) is 14.8 Å². The molecule has 2 N–H and O–H groups in total. The van der Waals surface area contributed by atoms with Gasteiger partial charge in [-0.05, 0) is 45.6 Å². The van der Waals surface area contributed by atoms with Crippen molar-refractivity contribution in [3.05, 3.63) is 18.5 Å². The largest absolute Gasteiger partial charge is 0.394 e. The van der Waals surface area contributed by atoms with Crippen molar-refractivity contribution < 1.29 is 31.1 Å². The number of aromatic amines is 1. The molecule has 15 heteroatoms.